The van der Waals surface area contributed by atoms with Gasteiger partial charge in [0.15, 0.2) is 0 Å². The van der Waals surface area contributed by atoms with Crippen molar-refractivity contribution in [3.63, 3.8) is 0 Å². The summed E-state index contributed by atoms with van der Waals surface area (Å²) >= 11 is 0. The molecule has 1 fully saturated rings. The zero-order valence-electron chi connectivity index (χ0n) is 17.5. The van der Waals surface area contributed by atoms with Crippen LogP contribution in [-0.4, -0.2) is 51.5 Å². The summed E-state index contributed by atoms with van der Waals surface area (Å²) in [5, 5.41) is 5.87. The Morgan fingerprint density at radius 3 is 2.40 bits per heavy atom. The van der Waals surface area contributed by atoms with Gasteiger partial charge in [-0.1, -0.05) is 31.5 Å². The molecule has 1 aliphatic rings. The van der Waals surface area contributed by atoms with Crippen molar-refractivity contribution in [3.05, 3.63) is 53.6 Å². The average Bonchev–Trinajstić information content (AvgIpc) is 2.75. The maximum absolute atomic E-state index is 13.0. The summed E-state index contributed by atoms with van der Waals surface area (Å²) < 4.78 is 32.6. The molecular weight excluding hydrogens is 402 g/mol. The number of benzene rings is 2. The number of anilines is 2. The summed E-state index contributed by atoms with van der Waals surface area (Å²) in [6.07, 6.45) is 2.12. The highest BCUT2D eigenvalue weighted by Crippen LogP contribution is 2.24. The highest BCUT2D eigenvalue weighted by molar-refractivity contribution is 7.89. The highest BCUT2D eigenvalue weighted by atomic mass is 32.2. The van der Waals surface area contributed by atoms with E-state index in [9.17, 15) is 13.2 Å². The number of amides is 1. The molecule has 0 radical (unpaired) electrons. The lowest BCUT2D eigenvalue weighted by molar-refractivity contribution is -0.114. The van der Waals surface area contributed by atoms with Gasteiger partial charge in [0.25, 0.3) is 0 Å². The van der Waals surface area contributed by atoms with Gasteiger partial charge in [-0.25, -0.2) is 8.42 Å². The van der Waals surface area contributed by atoms with Crippen molar-refractivity contribution < 1.29 is 17.9 Å². The summed E-state index contributed by atoms with van der Waals surface area (Å²) in [6.45, 7) is 5.42. The minimum atomic E-state index is -3.63. The minimum Gasteiger partial charge on any atom is -0.379 e. The second-order valence-corrected chi connectivity index (χ2v) is 9.25. The minimum absolute atomic E-state index is 0.0898. The first-order chi connectivity index (χ1) is 14.4. The van der Waals surface area contributed by atoms with Crippen LogP contribution in [0.15, 0.2) is 47.4 Å². The number of aryl methyl sites for hydroxylation is 2. The summed E-state index contributed by atoms with van der Waals surface area (Å²) in [5.41, 5.74) is 3.23. The molecule has 1 saturated heterocycles. The van der Waals surface area contributed by atoms with Crippen LogP contribution < -0.4 is 10.6 Å². The predicted molar refractivity (Wildman–Crippen MR) is 118 cm³/mol. The molecule has 0 bridgehead atoms. The van der Waals surface area contributed by atoms with E-state index >= 15 is 0 Å². The molecular formula is C22H29N3O4S. The molecule has 1 heterocycles. The van der Waals surface area contributed by atoms with Crippen molar-refractivity contribution in [3.8, 4) is 0 Å². The van der Waals surface area contributed by atoms with Crippen LogP contribution in [0.25, 0.3) is 0 Å². The van der Waals surface area contributed by atoms with Crippen molar-refractivity contribution in [2.45, 2.75) is 31.6 Å². The first-order valence-corrected chi connectivity index (χ1v) is 11.7. The molecule has 7 nitrogen and oxygen atoms in total. The van der Waals surface area contributed by atoms with Crippen molar-refractivity contribution in [1.29, 1.82) is 0 Å². The van der Waals surface area contributed by atoms with Crippen molar-refractivity contribution >= 4 is 27.3 Å². The Hall–Kier alpha value is -2.42. The van der Waals surface area contributed by atoms with Gasteiger partial charge in [0.2, 0.25) is 15.9 Å². The summed E-state index contributed by atoms with van der Waals surface area (Å²) in [4.78, 5) is 12.6. The van der Waals surface area contributed by atoms with Crippen LogP contribution in [0.3, 0.4) is 0 Å². The fraction of sp³-hybridized carbons (Fsp3) is 0.409. The molecule has 0 saturated carbocycles. The number of hydrogen-bond acceptors (Lipinski definition) is 5. The third-order valence-electron chi connectivity index (χ3n) is 5.01. The van der Waals surface area contributed by atoms with E-state index in [0.29, 0.717) is 37.6 Å². The molecule has 1 aliphatic heterocycles. The number of sulfonamides is 1. The van der Waals surface area contributed by atoms with E-state index < -0.39 is 10.0 Å². The number of ether oxygens (including phenoxy) is 1. The third kappa shape index (κ3) is 5.59. The summed E-state index contributed by atoms with van der Waals surface area (Å²) in [6, 6.07) is 13.0. The Bertz CT molecular complexity index is 968. The zero-order chi connectivity index (χ0) is 21.6. The fourth-order valence-electron chi connectivity index (χ4n) is 3.35. The molecule has 2 aromatic carbocycles. The van der Waals surface area contributed by atoms with E-state index in [0.717, 1.165) is 18.5 Å². The lowest BCUT2D eigenvalue weighted by Gasteiger charge is -2.26. The van der Waals surface area contributed by atoms with Gasteiger partial charge in [0.1, 0.15) is 0 Å². The van der Waals surface area contributed by atoms with Crippen LogP contribution in [-0.2, 0) is 26.0 Å². The Morgan fingerprint density at radius 1 is 1.07 bits per heavy atom. The van der Waals surface area contributed by atoms with Crippen LogP contribution >= 0.6 is 0 Å². The molecule has 2 aromatic rings. The van der Waals surface area contributed by atoms with Crippen molar-refractivity contribution in [1.82, 2.24) is 4.31 Å². The molecule has 1 amide bonds. The standard InChI is InChI=1S/C22H29N3O4S/c1-3-4-18-6-9-19(10-7-18)23-16-22(26)24-20-8-5-17(2)21(15-20)30(27,28)25-11-13-29-14-12-25/h5-10,15,23H,3-4,11-14,16H2,1-2H3,(H,24,26). The lowest BCUT2D eigenvalue weighted by Crippen LogP contribution is -2.40. The molecule has 8 heteroatoms. The molecule has 0 aromatic heterocycles. The first kappa shape index (κ1) is 22.3. The van der Waals surface area contributed by atoms with Crippen LogP contribution in [0.2, 0.25) is 0 Å². The predicted octanol–water partition coefficient (Wildman–Crippen LogP) is 3.02. The quantitative estimate of drug-likeness (QED) is 0.671. The molecule has 0 atom stereocenters. The smallest absolute Gasteiger partial charge is 0.243 e. The van der Waals surface area contributed by atoms with E-state index in [2.05, 4.69) is 17.6 Å². The Labute approximate surface area is 178 Å². The number of nitrogens with one attached hydrogen (secondary N) is 2. The van der Waals surface area contributed by atoms with Crippen molar-refractivity contribution in [2.75, 3.05) is 43.5 Å². The van der Waals surface area contributed by atoms with E-state index in [1.165, 1.54) is 15.9 Å². The van der Waals surface area contributed by atoms with Gasteiger partial charge in [0.05, 0.1) is 24.7 Å². The van der Waals surface area contributed by atoms with Crippen LogP contribution in [0.1, 0.15) is 24.5 Å². The van der Waals surface area contributed by atoms with Gasteiger partial charge in [-0.05, 0) is 48.7 Å². The van der Waals surface area contributed by atoms with E-state index in [4.69, 9.17) is 4.74 Å². The molecule has 30 heavy (non-hydrogen) atoms. The SMILES string of the molecule is CCCc1ccc(NCC(=O)Nc2ccc(C)c(S(=O)(=O)N3CCOCC3)c2)cc1. The van der Waals surface area contributed by atoms with Crippen LogP contribution in [0, 0.1) is 6.92 Å². The number of rotatable bonds is 8. The van der Waals surface area contributed by atoms with Gasteiger partial charge in [-0.15, -0.1) is 0 Å². The first-order valence-electron chi connectivity index (χ1n) is 10.2. The van der Waals surface area contributed by atoms with Crippen LogP contribution in [0.5, 0.6) is 0 Å². The van der Waals surface area contributed by atoms with Crippen molar-refractivity contribution in [2.24, 2.45) is 0 Å². The molecule has 0 unspecified atom stereocenters. The number of carbonyl (C=O) groups is 1. The maximum Gasteiger partial charge on any atom is 0.243 e. The Balaban J connectivity index is 1.63. The molecule has 2 N–H and O–H groups in total. The number of nitrogens with zero attached hydrogens (tertiary/aromatic N) is 1. The number of hydrogen-bond donors (Lipinski definition) is 2. The monoisotopic (exact) mass is 431 g/mol. The summed E-state index contributed by atoms with van der Waals surface area (Å²) in [5.74, 6) is -0.244. The van der Waals surface area contributed by atoms with E-state index in [1.54, 1.807) is 19.1 Å². The highest BCUT2D eigenvalue weighted by Gasteiger charge is 2.28. The Kier molecular flexibility index (Phi) is 7.47. The summed E-state index contributed by atoms with van der Waals surface area (Å²) in [7, 11) is -3.63. The van der Waals surface area contributed by atoms with Gasteiger partial charge < -0.3 is 15.4 Å². The molecule has 0 spiro atoms. The van der Waals surface area contributed by atoms with E-state index in [-0.39, 0.29) is 17.3 Å². The van der Waals surface area contributed by atoms with Crippen LogP contribution in [0.4, 0.5) is 11.4 Å². The topological polar surface area (TPSA) is 87.7 Å². The maximum atomic E-state index is 13.0. The average molecular weight is 432 g/mol. The molecule has 162 valence electrons. The van der Waals surface area contributed by atoms with Gasteiger partial charge in [-0.3, -0.25) is 4.79 Å². The second kappa shape index (κ2) is 10.1. The normalized spacial score (nSPS) is 15.0. The number of morpholine rings is 1. The van der Waals surface area contributed by atoms with Gasteiger partial charge >= 0.3 is 0 Å². The van der Waals surface area contributed by atoms with Gasteiger partial charge in [-0.2, -0.15) is 4.31 Å². The molecule has 0 aliphatic carbocycles. The lowest BCUT2D eigenvalue weighted by atomic mass is 10.1. The third-order valence-corrected chi connectivity index (χ3v) is 7.05. The zero-order valence-corrected chi connectivity index (χ0v) is 18.3. The molecule has 3 rings (SSSR count). The largest absolute Gasteiger partial charge is 0.379 e. The number of carbonyl (C=O) groups excluding carboxylic acids is 1. The second-order valence-electron chi connectivity index (χ2n) is 7.35. The van der Waals surface area contributed by atoms with Gasteiger partial charge in [0, 0.05) is 24.5 Å². The fourth-order valence-corrected chi connectivity index (χ4v) is 5.01. The Morgan fingerprint density at radius 2 is 1.73 bits per heavy atom. The van der Waals surface area contributed by atoms with E-state index in [1.807, 2.05) is 24.3 Å².